The summed E-state index contributed by atoms with van der Waals surface area (Å²) < 4.78 is 5.34. The van der Waals surface area contributed by atoms with Crippen molar-refractivity contribution in [1.82, 2.24) is 10.2 Å². The van der Waals surface area contributed by atoms with Crippen LogP contribution in [0.1, 0.15) is 32.6 Å². The molecule has 3 N–H and O–H groups in total. The zero-order valence-corrected chi connectivity index (χ0v) is 12.3. The molecule has 120 valence electrons. The van der Waals surface area contributed by atoms with Crippen LogP contribution < -0.4 is 5.32 Å². The average molecular weight is 300 g/mol. The minimum atomic E-state index is -0.941. The highest BCUT2D eigenvalue weighted by Gasteiger charge is 2.31. The van der Waals surface area contributed by atoms with E-state index in [9.17, 15) is 14.7 Å². The number of urea groups is 1. The summed E-state index contributed by atoms with van der Waals surface area (Å²) in [5.41, 5.74) is 0. The quantitative estimate of drug-likeness (QED) is 0.699. The molecule has 2 rings (SSSR count). The van der Waals surface area contributed by atoms with E-state index in [1.807, 2.05) is 0 Å². The van der Waals surface area contributed by atoms with Crippen LogP contribution in [0, 0.1) is 5.92 Å². The van der Waals surface area contributed by atoms with Crippen molar-refractivity contribution in [2.24, 2.45) is 5.92 Å². The fraction of sp³-hybridized carbons (Fsp3) is 0.857. The van der Waals surface area contributed by atoms with E-state index in [1.165, 1.54) is 0 Å². The first-order chi connectivity index (χ1) is 9.97. The molecule has 3 atom stereocenters. The molecular formula is C14H24N2O5. The molecule has 0 aromatic rings. The molecule has 7 heteroatoms. The first-order valence-electron chi connectivity index (χ1n) is 7.56. The molecule has 2 aliphatic rings. The summed E-state index contributed by atoms with van der Waals surface area (Å²) in [4.78, 5) is 24.5. The third-order valence-corrected chi connectivity index (χ3v) is 4.37. The van der Waals surface area contributed by atoms with Gasteiger partial charge in [0.05, 0.1) is 12.2 Å². The summed E-state index contributed by atoms with van der Waals surface area (Å²) in [5.74, 6) is -0.674. The number of hydrogen-bond donors (Lipinski definition) is 3. The Morgan fingerprint density at radius 3 is 2.48 bits per heavy atom. The molecule has 2 aliphatic heterocycles. The van der Waals surface area contributed by atoms with E-state index in [-0.39, 0.29) is 24.2 Å². The Hall–Kier alpha value is -1.34. The number of hydrogen-bond acceptors (Lipinski definition) is 4. The Morgan fingerprint density at radius 2 is 1.95 bits per heavy atom. The van der Waals surface area contributed by atoms with Gasteiger partial charge in [-0.2, -0.15) is 0 Å². The maximum atomic E-state index is 12.0. The molecular weight excluding hydrogens is 276 g/mol. The minimum Gasteiger partial charge on any atom is -0.479 e. The second kappa shape index (κ2) is 7.09. The molecule has 0 aromatic carbocycles. The van der Waals surface area contributed by atoms with E-state index in [4.69, 9.17) is 9.84 Å². The van der Waals surface area contributed by atoms with Crippen molar-refractivity contribution in [3.63, 3.8) is 0 Å². The van der Waals surface area contributed by atoms with Gasteiger partial charge in [0.1, 0.15) is 0 Å². The molecule has 0 bridgehead atoms. The van der Waals surface area contributed by atoms with E-state index >= 15 is 0 Å². The number of aliphatic carboxylic acids is 1. The number of aliphatic hydroxyl groups is 1. The topological polar surface area (TPSA) is 99.1 Å². The Labute approximate surface area is 124 Å². The number of aliphatic hydroxyl groups excluding tert-OH is 1. The minimum absolute atomic E-state index is 0.138. The number of nitrogens with one attached hydrogen (secondary N) is 1. The number of nitrogens with zero attached hydrogens (tertiary/aromatic N) is 1. The molecule has 2 saturated heterocycles. The van der Waals surface area contributed by atoms with Gasteiger partial charge in [-0.25, -0.2) is 9.59 Å². The number of carbonyl (C=O) groups excluding carboxylic acids is 1. The van der Waals surface area contributed by atoms with Gasteiger partial charge < -0.3 is 25.2 Å². The lowest BCUT2D eigenvalue weighted by Gasteiger charge is -2.33. The monoisotopic (exact) mass is 300 g/mol. The van der Waals surface area contributed by atoms with Gasteiger partial charge in [-0.3, -0.25) is 0 Å². The number of carboxylic acid groups (broad SMARTS) is 1. The SMILES string of the molecule is CC(O)C1CCN(C(=O)NCC2CCC(C(=O)O)O2)CC1. The summed E-state index contributed by atoms with van der Waals surface area (Å²) in [5, 5.41) is 21.2. The number of ether oxygens (including phenoxy) is 1. The first-order valence-corrected chi connectivity index (χ1v) is 7.56. The molecule has 2 heterocycles. The molecule has 0 spiro atoms. The highest BCUT2D eigenvalue weighted by Crippen LogP contribution is 2.21. The molecule has 0 aliphatic carbocycles. The van der Waals surface area contributed by atoms with Crippen LogP contribution in [0.2, 0.25) is 0 Å². The highest BCUT2D eigenvalue weighted by atomic mass is 16.5. The van der Waals surface area contributed by atoms with Crippen LogP contribution in [0.3, 0.4) is 0 Å². The lowest BCUT2D eigenvalue weighted by molar-refractivity contribution is -0.149. The molecule has 3 unspecified atom stereocenters. The van der Waals surface area contributed by atoms with Crippen LogP contribution in [0.15, 0.2) is 0 Å². The van der Waals surface area contributed by atoms with Gasteiger partial charge in [0.15, 0.2) is 6.10 Å². The molecule has 7 nitrogen and oxygen atoms in total. The summed E-state index contributed by atoms with van der Waals surface area (Å²) in [6.07, 6.45) is 1.49. The number of amides is 2. The summed E-state index contributed by atoms with van der Waals surface area (Å²) in [6, 6.07) is -0.138. The van der Waals surface area contributed by atoms with E-state index < -0.39 is 12.1 Å². The van der Waals surface area contributed by atoms with Gasteiger partial charge in [0.2, 0.25) is 0 Å². The van der Waals surface area contributed by atoms with Gasteiger partial charge in [0.25, 0.3) is 0 Å². The normalized spacial score (nSPS) is 28.4. The molecule has 0 aromatic heterocycles. The van der Waals surface area contributed by atoms with Gasteiger partial charge in [-0.15, -0.1) is 0 Å². The Balaban J connectivity index is 1.68. The molecule has 2 amide bonds. The fourth-order valence-corrected chi connectivity index (χ4v) is 2.94. The third kappa shape index (κ3) is 4.31. The first kappa shape index (κ1) is 16.0. The van der Waals surface area contributed by atoms with Crippen LogP contribution in [0.5, 0.6) is 0 Å². The fourth-order valence-electron chi connectivity index (χ4n) is 2.94. The van der Waals surface area contributed by atoms with Crippen molar-refractivity contribution >= 4 is 12.0 Å². The van der Waals surface area contributed by atoms with Crippen molar-refractivity contribution in [2.45, 2.75) is 50.9 Å². The van der Waals surface area contributed by atoms with E-state index in [2.05, 4.69) is 5.32 Å². The van der Waals surface area contributed by atoms with Crippen molar-refractivity contribution in [3.05, 3.63) is 0 Å². The lowest BCUT2D eigenvalue weighted by Crippen LogP contribution is -2.47. The van der Waals surface area contributed by atoms with Crippen LogP contribution in [0.4, 0.5) is 4.79 Å². The number of carbonyl (C=O) groups is 2. The van der Waals surface area contributed by atoms with Crippen LogP contribution in [-0.2, 0) is 9.53 Å². The van der Waals surface area contributed by atoms with Gasteiger partial charge in [-0.1, -0.05) is 0 Å². The van der Waals surface area contributed by atoms with Crippen molar-refractivity contribution in [2.75, 3.05) is 19.6 Å². The van der Waals surface area contributed by atoms with Gasteiger partial charge in [-0.05, 0) is 38.5 Å². The zero-order chi connectivity index (χ0) is 15.4. The Bertz CT molecular complexity index is 380. The van der Waals surface area contributed by atoms with Crippen LogP contribution in [-0.4, -0.2) is 65.1 Å². The predicted molar refractivity (Wildman–Crippen MR) is 74.9 cm³/mol. The molecule has 0 radical (unpaired) electrons. The maximum Gasteiger partial charge on any atom is 0.332 e. The predicted octanol–water partition coefficient (Wildman–Crippen LogP) is 0.421. The second-order valence-corrected chi connectivity index (χ2v) is 5.91. The van der Waals surface area contributed by atoms with Crippen molar-refractivity contribution < 1.29 is 24.5 Å². The van der Waals surface area contributed by atoms with Crippen molar-refractivity contribution in [3.8, 4) is 0 Å². The largest absolute Gasteiger partial charge is 0.479 e. The smallest absolute Gasteiger partial charge is 0.332 e. The van der Waals surface area contributed by atoms with E-state index in [1.54, 1.807) is 11.8 Å². The Kier molecular flexibility index (Phi) is 5.41. The van der Waals surface area contributed by atoms with E-state index in [0.717, 1.165) is 12.8 Å². The van der Waals surface area contributed by atoms with Crippen molar-refractivity contribution in [1.29, 1.82) is 0 Å². The second-order valence-electron chi connectivity index (χ2n) is 5.91. The standard InChI is InChI=1S/C14H24N2O5/c1-9(17)10-4-6-16(7-5-10)14(20)15-8-11-2-3-12(21-11)13(18)19/h9-12,17H,2-8H2,1H3,(H,15,20)(H,18,19). The molecule has 21 heavy (non-hydrogen) atoms. The number of likely N-dealkylation sites (tertiary alicyclic amines) is 1. The maximum absolute atomic E-state index is 12.0. The summed E-state index contributed by atoms with van der Waals surface area (Å²) >= 11 is 0. The van der Waals surface area contributed by atoms with Crippen LogP contribution >= 0.6 is 0 Å². The van der Waals surface area contributed by atoms with Gasteiger partial charge in [0, 0.05) is 19.6 Å². The number of rotatable bonds is 4. The lowest BCUT2D eigenvalue weighted by atomic mass is 9.92. The average Bonchev–Trinajstić information content (AvgIpc) is 2.94. The third-order valence-electron chi connectivity index (χ3n) is 4.37. The summed E-state index contributed by atoms with van der Waals surface area (Å²) in [7, 11) is 0. The van der Waals surface area contributed by atoms with Gasteiger partial charge >= 0.3 is 12.0 Å². The highest BCUT2D eigenvalue weighted by molar-refractivity contribution is 5.74. The summed E-state index contributed by atoms with van der Waals surface area (Å²) in [6.45, 7) is 3.42. The Morgan fingerprint density at radius 1 is 1.29 bits per heavy atom. The van der Waals surface area contributed by atoms with E-state index in [0.29, 0.717) is 32.5 Å². The van der Waals surface area contributed by atoms with Crippen LogP contribution in [0.25, 0.3) is 0 Å². The zero-order valence-electron chi connectivity index (χ0n) is 12.3. The molecule has 0 saturated carbocycles. The number of carboxylic acids is 1. The molecule has 2 fully saturated rings. The number of piperidine rings is 1.